The first-order chi connectivity index (χ1) is 11.8. The SMILES string of the molecule is CCN(CCN(COC=O)CC(=O)O)CCN(CC(=O)O)CC(=O)O. The van der Waals surface area contributed by atoms with Crippen LogP contribution in [-0.2, 0) is 23.9 Å². The maximum Gasteiger partial charge on any atom is 0.317 e. The molecule has 0 unspecified atom stereocenters. The second-order valence-corrected chi connectivity index (χ2v) is 5.27. The molecule has 0 bridgehead atoms. The van der Waals surface area contributed by atoms with Gasteiger partial charge in [-0.3, -0.25) is 29.0 Å². The maximum atomic E-state index is 10.8. The monoisotopic (exact) mass is 363 g/mol. The van der Waals surface area contributed by atoms with Gasteiger partial charge in [0.05, 0.1) is 19.6 Å². The number of carbonyl (C=O) groups excluding carboxylic acids is 1. The van der Waals surface area contributed by atoms with Crippen LogP contribution in [-0.4, -0.2) is 113 Å². The van der Waals surface area contributed by atoms with Gasteiger partial charge >= 0.3 is 17.9 Å². The standard InChI is InChI=1S/C14H25N3O8/c1-2-15(3-5-16(7-12(19)20)8-13(21)22)4-6-17(9-14(23)24)10-25-11-18/h11H,2-10H2,1H3,(H,19,20)(H,21,22)(H,23,24). The van der Waals surface area contributed by atoms with E-state index in [4.69, 9.17) is 15.3 Å². The number of ether oxygens (including phenoxy) is 1. The number of carbonyl (C=O) groups is 4. The minimum Gasteiger partial charge on any atom is -0.480 e. The molecule has 0 rings (SSSR count). The van der Waals surface area contributed by atoms with Crippen molar-refractivity contribution in [3.05, 3.63) is 0 Å². The fourth-order valence-corrected chi connectivity index (χ4v) is 2.11. The molecule has 11 nitrogen and oxygen atoms in total. The molecular weight excluding hydrogens is 338 g/mol. The van der Waals surface area contributed by atoms with Crippen LogP contribution in [0.2, 0.25) is 0 Å². The number of aliphatic carboxylic acids is 3. The van der Waals surface area contributed by atoms with Crippen molar-refractivity contribution in [2.75, 3.05) is 59.1 Å². The first kappa shape index (κ1) is 22.8. The van der Waals surface area contributed by atoms with E-state index < -0.39 is 17.9 Å². The van der Waals surface area contributed by atoms with Gasteiger partial charge in [0, 0.05) is 26.2 Å². The number of carboxylic acids is 3. The summed E-state index contributed by atoms with van der Waals surface area (Å²) in [4.78, 5) is 47.2. The van der Waals surface area contributed by atoms with E-state index in [1.807, 2.05) is 11.8 Å². The molecule has 0 aromatic rings. The van der Waals surface area contributed by atoms with Gasteiger partial charge in [-0.15, -0.1) is 0 Å². The number of nitrogens with zero attached hydrogens (tertiary/aromatic N) is 3. The average molecular weight is 363 g/mol. The van der Waals surface area contributed by atoms with Gasteiger partial charge in [0.1, 0.15) is 6.73 Å². The Balaban J connectivity index is 4.48. The number of likely N-dealkylation sites (N-methyl/N-ethyl adjacent to an activating group) is 1. The third kappa shape index (κ3) is 12.8. The Bertz CT molecular complexity index is 430. The highest BCUT2D eigenvalue weighted by molar-refractivity contribution is 5.72. The van der Waals surface area contributed by atoms with Crippen LogP contribution in [0.4, 0.5) is 0 Å². The largest absolute Gasteiger partial charge is 0.480 e. The summed E-state index contributed by atoms with van der Waals surface area (Å²) in [6.07, 6.45) is 0. The van der Waals surface area contributed by atoms with E-state index in [-0.39, 0.29) is 39.4 Å². The molecule has 0 saturated carbocycles. The van der Waals surface area contributed by atoms with Crippen LogP contribution < -0.4 is 0 Å². The first-order valence-corrected chi connectivity index (χ1v) is 7.66. The normalized spacial score (nSPS) is 11.0. The van der Waals surface area contributed by atoms with Crippen molar-refractivity contribution in [2.24, 2.45) is 0 Å². The molecule has 0 radical (unpaired) electrons. The highest BCUT2D eigenvalue weighted by Gasteiger charge is 2.16. The molecule has 0 saturated heterocycles. The smallest absolute Gasteiger partial charge is 0.317 e. The third-order valence-electron chi connectivity index (χ3n) is 3.31. The quantitative estimate of drug-likeness (QED) is 0.213. The van der Waals surface area contributed by atoms with Crippen LogP contribution in [0.25, 0.3) is 0 Å². The Labute approximate surface area is 145 Å². The van der Waals surface area contributed by atoms with Gasteiger partial charge in [-0.25, -0.2) is 0 Å². The molecule has 144 valence electrons. The molecule has 0 aliphatic carbocycles. The van der Waals surface area contributed by atoms with Crippen molar-refractivity contribution in [3.8, 4) is 0 Å². The summed E-state index contributed by atoms with van der Waals surface area (Å²) in [5.74, 6) is -3.27. The Morgan fingerprint density at radius 1 is 0.800 bits per heavy atom. The predicted octanol–water partition coefficient (Wildman–Crippen LogP) is -1.70. The number of carboxylic acid groups (broad SMARTS) is 3. The van der Waals surface area contributed by atoms with Crippen LogP contribution in [0.5, 0.6) is 0 Å². The summed E-state index contributed by atoms with van der Waals surface area (Å²) in [6, 6.07) is 0. The fourth-order valence-electron chi connectivity index (χ4n) is 2.11. The van der Waals surface area contributed by atoms with Crippen molar-refractivity contribution < 1.29 is 39.2 Å². The van der Waals surface area contributed by atoms with Crippen molar-refractivity contribution in [2.45, 2.75) is 6.92 Å². The summed E-state index contributed by atoms with van der Waals surface area (Å²) < 4.78 is 4.57. The van der Waals surface area contributed by atoms with Gasteiger partial charge < -0.3 is 25.0 Å². The van der Waals surface area contributed by atoms with Gasteiger partial charge in [0.2, 0.25) is 0 Å². The van der Waals surface area contributed by atoms with E-state index in [2.05, 4.69) is 4.74 Å². The molecule has 25 heavy (non-hydrogen) atoms. The number of rotatable bonds is 16. The number of hydrogen-bond donors (Lipinski definition) is 3. The van der Waals surface area contributed by atoms with Gasteiger partial charge in [-0.1, -0.05) is 6.92 Å². The average Bonchev–Trinajstić information content (AvgIpc) is 2.50. The van der Waals surface area contributed by atoms with Crippen LogP contribution in [0.15, 0.2) is 0 Å². The molecule has 0 spiro atoms. The van der Waals surface area contributed by atoms with E-state index in [9.17, 15) is 19.2 Å². The van der Waals surface area contributed by atoms with Crippen molar-refractivity contribution >= 4 is 24.4 Å². The van der Waals surface area contributed by atoms with Crippen molar-refractivity contribution in [3.63, 3.8) is 0 Å². The van der Waals surface area contributed by atoms with Crippen LogP contribution in [0.3, 0.4) is 0 Å². The Morgan fingerprint density at radius 3 is 1.60 bits per heavy atom. The van der Waals surface area contributed by atoms with Crippen LogP contribution in [0.1, 0.15) is 6.92 Å². The topological polar surface area (TPSA) is 148 Å². The molecular formula is C14H25N3O8. The summed E-state index contributed by atoms with van der Waals surface area (Å²) in [5.41, 5.74) is 0. The second kappa shape index (κ2) is 13.1. The molecule has 0 atom stereocenters. The summed E-state index contributed by atoms with van der Waals surface area (Å²) >= 11 is 0. The zero-order chi connectivity index (χ0) is 19.2. The Morgan fingerprint density at radius 2 is 1.20 bits per heavy atom. The van der Waals surface area contributed by atoms with Gasteiger partial charge in [-0.05, 0) is 6.54 Å². The lowest BCUT2D eigenvalue weighted by Gasteiger charge is -2.27. The van der Waals surface area contributed by atoms with Crippen LogP contribution in [0, 0.1) is 0 Å². The Hall–Kier alpha value is -2.24. The molecule has 0 aliphatic rings. The first-order valence-electron chi connectivity index (χ1n) is 7.66. The highest BCUT2D eigenvalue weighted by atomic mass is 16.5. The molecule has 0 aromatic heterocycles. The van der Waals surface area contributed by atoms with Crippen LogP contribution >= 0.6 is 0 Å². The summed E-state index contributed by atoms with van der Waals surface area (Å²) in [7, 11) is 0. The van der Waals surface area contributed by atoms with E-state index in [0.29, 0.717) is 26.2 Å². The minimum absolute atomic E-state index is 0.141. The van der Waals surface area contributed by atoms with Gasteiger partial charge in [0.25, 0.3) is 6.47 Å². The molecule has 0 heterocycles. The third-order valence-corrected chi connectivity index (χ3v) is 3.31. The van der Waals surface area contributed by atoms with Gasteiger partial charge in [0.15, 0.2) is 0 Å². The van der Waals surface area contributed by atoms with Crippen molar-refractivity contribution in [1.82, 2.24) is 14.7 Å². The lowest BCUT2D eigenvalue weighted by molar-refractivity contribution is -0.143. The molecule has 0 fully saturated rings. The van der Waals surface area contributed by atoms with E-state index in [1.54, 1.807) is 0 Å². The zero-order valence-electron chi connectivity index (χ0n) is 14.2. The summed E-state index contributed by atoms with van der Waals surface area (Å²) in [5, 5.41) is 26.5. The minimum atomic E-state index is -1.11. The molecule has 0 amide bonds. The van der Waals surface area contributed by atoms with E-state index >= 15 is 0 Å². The summed E-state index contributed by atoms with van der Waals surface area (Å²) in [6.45, 7) is 3.01. The number of hydrogen-bond acceptors (Lipinski definition) is 8. The van der Waals surface area contributed by atoms with Gasteiger partial charge in [-0.2, -0.15) is 0 Å². The Kier molecular flexibility index (Phi) is 11.9. The zero-order valence-corrected chi connectivity index (χ0v) is 14.2. The molecule has 11 heteroatoms. The van der Waals surface area contributed by atoms with Crippen molar-refractivity contribution in [1.29, 1.82) is 0 Å². The second-order valence-electron chi connectivity index (χ2n) is 5.27. The lowest BCUT2D eigenvalue weighted by atomic mass is 10.3. The van der Waals surface area contributed by atoms with E-state index in [0.717, 1.165) is 0 Å². The predicted molar refractivity (Wildman–Crippen MR) is 85.1 cm³/mol. The van der Waals surface area contributed by atoms with E-state index in [1.165, 1.54) is 9.80 Å². The highest BCUT2D eigenvalue weighted by Crippen LogP contribution is 1.96. The fraction of sp³-hybridized carbons (Fsp3) is 0.714. The molecule has 3 N–H and O–H groups in total. The molecule has 0 aliphatic heterocycles. The molecule has 0 aromatic carbocycles. The lowest BCUT2D eigenvalue weighted by Crippen LogP contribution is -2.43. The maximum absolute atomic E-state index is 10.8.